The lowest BCUT2D eigenvalue weighted by Crippen LogP contribution is -2.17. The molecule has 0 aromatic heterocycles. The molecule has 1 amide bonds. The molecule has 0 atom stereocenters. The molecular formula is C19H18N2O3. The van der Waals surface area contributed by atoms with Crippen LogP contribution in [0.25, 0.3) is 0 Å². The molecule has 0 aliphatic rings. The number of hydrogen-bond acceptors (Lipinski definition) is 4. The Kier molecular flexibility index (Phi) is 6.12. The number of phenolic OH excluding ortho intramolecular Hbond substituents is 1. The number of rotatable bonds is 6. The minimum atomic E-state index is -0.339. The van der Waals surface area contributed by atoms with E-state index in [0.29, 0.717) is 29.9 Å². The highest BCUT2D eigenvalue weighted by Gasteiger charge is 2.04. The summed E-state index contributed by atoms with van der Waals surface area (Å²) in [6.45, 7) is 3.09. The fraction of sp³-hybridized carbons (Fsp3) is 0.158. The molecule has 0 heterocycles. The lowest BCUT2D eigenvalue weighted by molar-refractivity contribution is 0.0955. The van der Waals surface area contributed by atoms with Crippen LogP contribution in [0.2, 0.25) is 0 Å². The summed E-state index contributed by atoms with van der Waals surface area (Å²) in [5.74, 6) is 2.09. The van der Waals surface area contributed by atoms with E-state index in [-0.39, 0.29) is 11.7 Å². The third-order valence-corrected chi connectivity index (χ3v) is 3.26. The maximum atomic E-state index is 12.0. The normalized spacial score (nSPS) is 10.5. The number of phenols is 1. The van der Waals surface area contributed by atoms with E-state index in [4.69, 9.17) is 11.2 Å². The van der Waals surface area contributed by atoms with Crippen molar-refractivity contribution in [3.05, 3.63) is 64.7 Å². The molecular weight excluding hydrogens is 304 g/mol. The van der Waals surface area contributed by atoms with Gasteiger partial charge in [0.1, 0.15) is 5.75 Å². The summed E-state index contributed by atoms with van der Waals surface area (Å²) < 4.78 is 5.30. The molecule has 122 valence electrons. The third-order valence-electron chi connectivity index (χ3n) is 3.26. The van der Waals surface area contributed by atoms with Crippen molar-refractivity contribution >= 4 is 12.1 Å². The molecule has 0 fully saturated rings. The van der Waals surface area contributed by atoms with Crippen LogP contribution >= 0.6 is 0 Å². The van der Waals surface area contributed by atoms with Gasteiger partial charge in [-0.05, 0) is 42.8 Å². The molecule has 2 aromatic carbocycles. The molecule has 24 heavy (non-hydrogen) atoms. The Bertz CT molecular complexity index is 774. The first-order valence-electron chi connectivity index (χ1n) is 7.43. The molecule has 0 aliphatic carbocycles. The van der Waals surface area contributed by atoms with Gasteiger partial charge in [-0.1, -0.05) is 18.1 Å². The maximum absolute atomic E-state index is 12.0. The minimum absolute atomic E-state index is 0.00345. The molecule has 5 heteroatoms. The molecule has 0 bridgehead atoms. The summed E-state index contributed by atoms with van der Waals surface area (Å²) in [5.41, 5.74) is 4.92. The Labute approximate surface area is 141 Å². The average Bonchev–Trinajstić information content (AvgIpc) is 2.61. The van der Waals surface area contributed by atoms with Crippen molar-refractivity contribution in [3.8, 4) is 18.1 Å². The molecule has 0 saturated carbocycles. The van der Waals surface area contributed by atoms with Gasteiger partial charge in [0.15, 0.2) is 0 Å². The Morgan fingerprint density at radius 1 is 1.33 bits per heavy atom. The molecule has 2 rings (SSSR count). The number of aromatic hydroxyl groups is 1. The summed E-state index contributed by atoms with van der Waals surface area (Å²) in [7, 11) is 0. The van der Waals surface area contributed by atoms with E-state index in [9.17, 15) is 9.90 Å². The van der Waals surface area contributed by atoms with Crippen LogP contribution in [0, 0.1) is 12.3 Å². The largest absolute Gasteiger partial charge is 0.507 e. The number of nitrogens with one attached hydrogen (secondary N) is 1. The van der Waals surface area contributed by atoms with Crippen LogP contribution in [0.4, 0.5) is 0 Å². The first-order chi connectivity index (χ1) is 11.6. The number of nitrogens with zero attached hydrogens (tertiary/aromatic N) is 1. The van der Waals surface area contributed by atoms with E-state index in [2.05, 4.69) is 16.4 Å². The number of benzene rings is 2. The number of ether oxygens (including phenoxy) is 1. The van der Waals surface area contributed by atoms with E-state index >= 15 is 0 Å². The first-order valence-corrected chi connectivity index (χ1v) is 7.43. The molecule has 0 aliphatic heterocycles. The highest BCUT2D eigenvalue weighted by atomic mass is 16.5. The van der Waals surface area contributed by atoms with Crippen molar-refractivity contribution in [1.29, 1.82) is 0 Å². The number of carbonyl (C=O) groups excluding carboxylic acids is 1. The van der Waals surface area contributed by atoms with Crippen LogP contribution in [0.15, 0.2) is 47.6 Å². The third kappa shape index (κ3) is 4.70. The molecule has 0 saturated heterocycles. The standard InChI is InChI=1S/C19H18N2O3/c1-3-14-5-10-17(18(22)11-14)12-20-21-19(23)16-8-6-15(7-9-16)13-24-4-2/h1,5-12,22H,4,13H2,2H3,(H,21,23). The molecule has 5 nitrogen and oxygen atoms in total. The van der Waals surface area contributed by atoms with Gasteiger partial charge in [-0.15, -0.1) is 6.42 Å². The zero-order valence-electron chi connectivity index (χ0n) is 13.3. The zero-order chi connectivity index (χ0) is 17.4. The van der Waals surface area contributed by atoms with Crippen LogP contribution in [-0.4, -0.2) is 23.8 Å². The van der Waals surface area contributed by atoms with Crippen LogP contribution < -0.4 is 5.43 Å². The summed E-state index contributed by atoms with van der Waals surface area (Å²) >= 11 is 0. The number of hydrazone groups is 1. The van der Waals surface area contributed by atoms with Gasteiger partial charge in [-0.3, -0.25) is 4.79 Å². The van der Waals surface area contributed by atoms with E-state index in [1.165, 1.54) is 12.3 Å². The van der Waals surface area contributed by atoms with E-state index in [0.717, 1.165) is 5.56 Å². The molecule has 0 spiro atoms. The Morgan fingerprint density at radius 3 is 2.71 bits per heavy atom. The van der Waals surface area contributed by atoms with Crippen molar-refractivity contribution in [3.63, 3.8) is 0 Å². The van der Waals surface area contributed by atoms with Gasteiger partial charge in [0.2, 0.25) is 0 Å². The predicted molar refractivity (Wildman–Crippen MR) is 92.9 cm³/mol. The smallest absolute Gasteiger partial charge is 0.271 e. The second kappa shape index (κ2) is 8.51. The molecule has 0 radical (unpaired) electrons. The van der Waals surface area contributed by atoms with Gasteiger partial charge >= 0.3 is 0 Å². The van der Waals surface area contributed by atoms with E-state index < -0.39 is 0 Å². The van der Waals surface area contributed by atoms with Crippen molar-refractivity contribution in [2.45, 2.75) is 13.5 Å². The van der Waals surface area contributed by atoms with Crippen molar-refractivity contribution in [1.82, 2.24) is 5.43 Å². The van der Waals surface area contributed by atoms with Crippen LogP contribution in [0.5, 0.6) is 5.75 Å². The summed E-state index contributed by atoms with van der Waals surface area (Å²) in [6, 6.07) is 11.8. The molecule has 2 N–H and O–H groups in total. The van der Waals surface area contributed by atoms with Gasteiger partial charge in [0, 0.05) is 23.3 Å². The molecule has 2 aromatic rings. The second-order valence-electron chi connectivity index (χ2n) is 4.95. The highest BCUT2D eigenvalue weighted by molar-refractivity contribution is 5.95. The summed E-state index contributed by atoms with van der Waals surface area (Å²) in [4.78, 5) is 12.0. The lowest BCUT2D eigenvalue weighted by atomic mass is 10.1. The van der Waals surface area contributed by atoms with Gasteiger partial charge in [0.05, 0.1) is 12.8 Å². The number of carbonyl (C=O) groups is 1. The zero-order valence-corrected chi connectivity index (χ0v) is 13.3. The Morgan fingerprint density at radius 2 is 2.08 bits per heavy atom. The number of amides is 1. The first kappa shape index (κ1) is 17.3. The maximum Gasteiger partial charge on any atom is 0.271 e. The fourth-order valence-corrected chi connectivity index (χ4v) is 1.94. The van der Waals surface area contributed by atoms with E-state index in [1.54, 1.807) is 24.3 Å². The average molecular weight is 322 g/mol. The monoisotopic (exact) mass is 322 g/mol. The van der Waals surface area contributed by atoms with Crippen molar-refractivity contribution in [2.24, 2.45) is 5.10 Å². The van der Waals surface area contributed by atoms with Crippen molar-refractivity contribution in [2.75, 3.05) is 6.61 Å². The molecule has 0 unspecified atom stereocenters. The Balaban J connectivity index is 1.96. The summed E-state index contributed by atoms with van der Waals surface area (Å²) in [5, 5.41) is 13.6. The number of hydrogen-bond donors (Lipinski definition) is 2. The lowest BCUT2D eigenvalue weighted by Gasteiger charge is -2.04. The fourth-order valence-electron chi connectivity index (χ4n) is 1.94. The number of terminal acetylenes is 1. The van der Waals surface area contributed by atoms with Crippen molar-refractivity contribution < 1.29 is 14.6 Å². The Hall–Kier alpha value is -3.10. The topological polar surface area (TPSA) is 70.9 Å². The van der Waals surface area contributed by atoms with Crippen LogP contribution in [0.1, 0.15) is 34.0 Å². The predicted octanol–water partition coefficient (Wildman–Crippen LogP) is 2.67. The van der Waals surface area contributed by atoms with Gasteiger partial charge in [-0.25, -0.2) is 5.43 Å². The highest BCUT2D eigenvalue weighted by Crippen LogP contribution is 2.16. The van der Waals surface area contributed by atoms with Gasteiger partial charge in [0.25, 0.3) is 5.91 Å². The van der Waals surface area contributed by atoms with Gasteiger partial charge in [-0.2, -0.15) is 5.10 Å². The van der Waals surface area contributed by atoms with E-state index in [1.807, 2.05) is 19.1 Å². The van der Waals surface area contributed by atoms with Crippen LogP contribution in [-0.2, 0) is 11.3 Å². The quantitative estimate of drug-likeness (QED) is 0.488. The second-order valence-corrected chi connectivity index (χ2v) is 4.95. The SMILES string of the molecule is C#Cc1ccc(C=NNC(=O)c2ccc(COCC)cc2)c(O)c1. The van der Waals surface area contributed by atoms with Crippen LogP contribution in [0.3, 0.4) is 0 Å². The minimum Gasteiger partial charge on any atom is -0.507 e. The van der Waals surface area contributed by atoms with Gasteiger partial charge < -0.3 is 9.84 Å². The summed E-state index contributed by atoms with van der Waals surface area (Å²) in [6.07, 6.45) is 6.61.